The van der Waals surface area contributed by atoms with Crippen molar-refractivity contribution in [2.45, 2.75) is 24.7 Å². The lowest BCUT2D eigenvalue weighted by atomic mass is 9.67. The fourth-order valence-electron chi connectivity index (χ4n) is 20.4. The van der Waals surface area contributed by atoms with Crippen LogP contribution < -0.4 is 4.90 Å². The van der Waals surface area contributed by atoms with Crippen LogP contribution in [-0.4, -0.2) is 9.13 Å². The van der Waals surface area contributed by atoms with Gasteiger partial charge in [0.15, 0.2) is 0 Å². The molecule has 0 aliphatic heterocycles. The molecular weight excluding hydrogens is 1610 g/mol. The van der Waals surface area contributed by atoms with Crippen molar-refractivity contribution in [1.29, 1.82) is 0 Å². The smallest absolute Gasteiger partial charge is 0.0714 e. The predicted octanol–water partition coefficient (Wildman–Crippen LogP) is 33.1. The lowest BCUT2D eigenvalue weighted by Gasteiger charge is -2.35. The molecule has 20 aromatic carbocycles. The van der Waals surface area contributed by atoms with Crippen molar-refractivity contribution in [3.63, 3.8) is 0 Å². The molecule has 0 saturated carbocycles. The van der Waals surface area contributed by atoms with E-state index in [0.29, 0.717) is 0 Å². The third-order valence-corrected chi connectivity index (χ3v) is 26.6. The zero-order valence-corrected chi connectivity index (χ0v) is 71.5. The van der Waals surface area contributed by atoms with E-state index in [-0.39, 0.29) is 12.8 Å². The van der Waals surface area contributed by atoms with Gasteiger partial charge in [-0.05, 0) is 232 Å². The molecule has 608 valence electrons. The van der Waals surface area contributed by atoms with Crippen LogP contribution in [-0.2, 0) is 17.3 Å². The van der Waals surface area contributed by atoms with E-state index >= 15 is 0 Å². The van der Waals surface area contributed by atoms with Crippen molar-refractivity contribution in [2.24, 2.45) is 0 Å². The molecule has 2 aliphatic carbocycles. The minimum absolute atomic E-state index is 0. The van der Waals surface area contributed by atoms with Crippen LogP contribution in [0.5, 0.6) is 0 Å². The third kappa shape index (κ3) is 14.0. The van der Waals surface area contributed by atoms with Crippen molar-refractivity contribution in [3.8, 4) is 78.1 Å². The normalized spacial score (nSPS) is 12.4. The standard InChI is InChI=1S/C61H42N2.C32H24.C30H20BrN.CH4/c1-5-22-46(23-6-1)61(47-24-7-2-8-25-47)56-33-16-13-31-52(56)53-38-37-50(42-57(53)61)62(48-26-9-3-10-27-48)58-34-17-14-30-51(58)45-21-19-20-43(40-45)44-36-39-60-55(41-44)54-32-15-18-35-59(54)63(60)49-28-11-4-12-29-49;1-4-12-24(13-5-1)22-25-20-21-29-28-18-10-11-19-30(28)32(31(29)23-25,26-14-6-2-7-15-26)27-16-8-3-9-17-27;31-28-15-6-4-13-25(28)23-10-8-9-21(19-23)22-17-18-30-27(20-22)26-14-5-7-16-29(26)32(30)24-11-2-1-3-12-24;/h1-42H;1-21,23H,22H2;1-20H;1H4. The largest absolute Gasteiger partial charge is 0.310 e. The fraction of sp³-hybridized carbons (Fsp3) is 0.0323. The summed E-state index contributed by atoms with van der Waals surface area (Å²) >= 11 is 3.70. The number of nitrogens with zero attached hydrogens (tertiary/aromatic N) is 3. The van der Waals surface area contributed by atoms with Crippen molar-refractivity contribution in [2.75, 3.05) is 4.90 Å². The van der Waals surface area contributed by atoms with Gasteiger partial charge in [-0.1, -0.05) is 424 Å². The summed E-state index contributed by atoms with van der Waals surface area (Å²) in [6.45, 7) is 0. The molecule has 22 aromatic rings. The van der Waals surface area contributed by atoms with Gasteiger partial charge in [-0.15, -0.1) is 0 Å². The number of aromatic nitrogens is 2. The van der Waals surface area contributed by atoms with Gasteiger partial charge in [-0.2, -0.15) is 0 Å². The number of rotatable bonds is 15. The van der Waals surface area contributed by atoms with Crippen molar-refractivity contribution < 1.29 is 0 Å². The molecule has 0 fully saturated rings. The first-order chi connectivity index (χ1) is 62.9. The van der Waals surface area contributed by atoms with Gasteiger partial charge in [0.1, 0.15) is 0 Å². The molecule has 0 saturated heterocycles. The number of anilines is 3. The van der Waals surface area contributed by atoms with Gasteiger partial charge in [0, 0.05) is 54.3 Å². The summed E-state index contributed by atoms with van der Waals surface area (Å²) in [6.07, 6.45) is 0.935. The maximum atomic E-state index is 3.70. The number of hydrogen-bond donors (Lipinski definition) is 0. The second-order valence-electron chi connectivity index (χ2n) is 33.0. The molecule has 24 rings (SSSR count). The first-order valence-corrected chi connectivity index (χ1v) is 44.5. The molecule has 0 amide bonds. The molecule has 0 N–H and O–H groups in total. The van der Waals surface area contributed by atoms with Crippen LogP contribution in [0.2, 0.25) is 0 Å². The Morgan fingerprint density at radius 2 is 0.562 bits per heavy atom. The number of fused-ring (bicyclic) bond motifs is 12. The molecule has 128 heavy (non-hydrogen) atoms. The molecule has 4 heteroatoms. The van der Waals surface area contributed by atoms with Crippen LogP contribution in [0.3, 0.4) is 0 Å². The summed E-state index contributed by atoms with van der Waals surface area (Å²) < 4.78 is 5.84. The van der Waals surface area contributed by atoms with Crippen LogP contribution in [0.25, 0.3) is 122 Å². The highest BCUT2D eigenvalue weighted by atomic mass is 79.9. The van der Waals surface area contributed by atoms with E-state index in [0.717, 1.165) is 44.8 Å². The van der Waals surface area contributed by atoms with E-state index in [2.05, 4.69) is 533 Å². The average Bonchev–Trinajstić information content (AvgIpc) is 1.53. The van der Waals surface area contributed by atoms with Crippen molar-refractivity contribution >= 4 is 76.6 Å². The van der Waals surface area contributed by atoms with E-state index in [9.17, 15) is 0 Å². The highest BCUT2D eigenvalue weighted by Gasteiger charge is 2.48. The zero-order chi connectivity index (χ0) is 84.6. The maximum Gasteiger partial charge on any atom is 0.0714 e. The lowest BCUT2D eigenvalue weighted by molar-refractivity contribution is 0.767. The van der Waals surface area contributed by atoms with Gasteiger partial charge in [0.05, 0.1) is 38.6 Å². The van der Waals surface area contributed by atoms with Gasteiger partial charge >= 0.3 is 0 Å². The molecule has 3 nitrogen and oxygen atoms in total. The van der Waals surface area contributed by atoms with E-state index in [4.69, 9.17) is 0 Å². The first-order valence-electron chi connectivity index (χ1n) is 43.8. The van der Waals surface area contributed by atoms with E-state index in [1.807, 2.05) is 6.07 Å². The Morgan fingerprint density at radius 1 is 0.211 bits per heavy atom. The first kappa shape index (κ1) is 79.5. The Balaban J connectivity index is 0.000000128. The van der Waals surface area contributed by atoms with Gasteiger partial charge in [0.25, 0.3) is 0 Å². The molecule has 0 radical (unpaired) electrons. The molecule has 0 spiro atoms. The van der Waals surface area contributed by atoms with Crippen LogP contribution in [0.1, 0.15) is 63.1 Å². The highest BCUT2D eigenvalue weighted by molar-refractivity contribution is 9.10. The van der Waals surface area contributed by atoms with Gasteiger partial charge in [-0.3, -0.25) is 0 Å². The van der Waals surface area contributed by atoms with Gasteiger partial charge in [0.2, 0.25) is 0 Å². The SMILES string of the molecule is Brc1ccccc1-c1cccc(-c2ccc3c(c2)c2ccccc2n3-c2ccccc2)c1.C.c1ccc(Cc2ccc3c(c2)C(c2ccccc2)(c2ccccc2)c2ccccc2-3)cc1.c1ccc(N(c2ccc3c(c2)C(c2ccccc2)(c2ccccc2)c2ccccc2-3)c2ccccc2-c2cccc(-c3ccc4c(c3)c3ccccc3n4-c3ccccc3)c2)cc1. The number of halogens is 1. The molecular formula is C124H90BrN3. The molecule has 0 bridgehead atoms. The Kier molecular flexibility index (Phi) is 21.4. The van der Waals surface area contributed by atoms with Crippen LogP contribution in [0.4, 0.5) is 17.1 Å². The molecule has 0 atom stereocenters. The topological polar surface area (TPSA) is 13.1 Å². The summed E-state index contributed by atoms with van der Waals surface area (Å²) in [5.41, 5.74) is 37.6. The fourth-order valence-corrected chi connectivity index (χ4v) is 20.9. The number of hydrogen-bond acceptors (Lipinski definition) is 1. The van der Waals surface area contributed by atoms with E-state index in [1.165, 1.54) is 161 Å². The summed E-state index contributed by atoms with van der Waals surface area (Å²) in [5.74, 6) is 0. The number of para-hydroxylation sites is 6. The minimum atomic E-state index is -0.505. The van der Waals surface area contributed by atoms with E-state index in [1.54, 1.807) is 0 Å². The minimum Gasteiger partial charge on any atom is -0.310 e. The highest BCUT2D eigenvalue weighted by Crippen LogP contribution is 2.59. The summed E-state index contributed by atoms with van der Waals surface area (Å²) in [7, 11) is 0. The van der Waals surface area contributed by atoms with Gasteiger partial charge < -0.3 is 14.0 Å². The number of benzene rings is 20. The Hall–Kier alpha value is -15.7. The van der Waals surface area contributed by atoms with Crippen molar-refractivity contribution in [3.05, 3.63) is 570 Å². The summed E-state index contributed by atoms with van der Waals surface area (Å²) in [6, 6.07) is 185. The monoisotopic (exact) mass is 1700 g/mol. The van der Waals surface area contributed by atoms with Crippen LogP contribution >= 0.6 is 15.9 Å². The Labute approximate surface area is 757 Å². The Bertz CT molecular complexity index is 7700. The molecule has 2 heterocycles. The second-order valence-corrected chi connectivity index (χ2v) is 33.9. The maximum absolute atomic E-state index is 3.70. The third-order valence-electron chi connectivity index (χ3n) is 25.9. The van der Waals surface area contributed by atoms with Gasteiger partial charge in [-0.25, -0.2) is 0 Å². The van der Waals surface area contributed by atoms with E-state index < -0.39 is 5.41 Å². The van der Waals surface area contributed by atoms with Crippen LogP contribution in [0.15, 0.2) is 514 Å². The van der Waals surface area contributed by atoms with Crippen LogP contribution in [0, 0.1) is 0 Å². The summed E-state index contributed by atoms with van der Waals surface area (Å²) in [5, 5.41) is 5.04. The lowest BCUT2D eigenvalue weighted by Crippen LogP contribution is -2.28. The predicted molar refractivity (Wildman–Crippen MR) is 543 cm³/mol. The second kappa shape index (κ2) is 34.4. The molecule has 0 unspecified atom stereocenters. The molecule has 2 aromatic heterocycles. The molecule has 2 aliphatic rings. The van der Waals surface area contributed by atoms with Crippen molar-refractivity contribution in [1.82, 2.24) is 9.13 Å². The quantitative estimate of drug-likeness (QED) is 0.0997. The average molecular weight is 1700 g/mol. The Morgan fingerprint density at radius 3 is 1.05 bits per heavy atom. The summed E-state index contributed by atoms with van der Waals surface area (Å²) in [4.78, 5) is 2.44. The zero-order valence-electron chi connectivity index (χ0n) is 69.9.